The third-order valence-corrected chi connectivity index (χ3v) is 5.96. The van der Waals surface area contributed by atoms with Gasteiger partial charge in [0.05, 0.1) is 17.2 Å². The van der Waals surface area contributed by atoms with Crippen molar-refractivity contribution < 1.29 is 18.8 Å². The Morgan fingerprint density at radius 2 is 1.81 bits per heavy atom. The minimum absolute atomic E-state index is 0.0137. The molecule has 2 aliphatic rings. The molecule has 1 atom stereocenters. The fourth-order valence-electron chi connectivity index (χ4n) is 3.46. The van der Waals surface area contributed by atoms with Gasteiger partial charge in [-0.15, -0.1) is 11.8 Å². The molecule has 2 aliphatic heterocycles. The molecule has 27 heavy (non-hydrogen) atoms. The highest BCUT2D eigenvalue weighted by molar-refractivity contribution is 7.99. The van der Waals surface area contributed by atoms with Crippen molar-refractivity contribution in [1.82, 2.24) is 10.2 Å². The van der Waals surface area contributed by atoms with Gasteiger partial charge < -0.3 is 5.32 Å². The predicted molar refractivity (Wildman–Crippen MR) is 99.1 cm³/mol. The lowest BCUT2D eigenvalue weighted by Gasteiger charge is -2.26. The molecular weight excluding hydrogens is 367 g/mol. The van der Waals surface area contributed by atoms with Crippen LogP contribution in [0.4, 0.5) is 4.39 Å². The lowest BCUT2D eigenvalue weighted by molar-refractivity contribution is -0.122. The van der Waals surface area contributed by atoms with Crippen LogP contribution in [-0.2, 0) is 4.79 Å². The van der Waals surface area contributed by atoms with E-state index in [0.717, 1.165) is 16.2 Å². The Morgan fingerprint density at radius 1 is 1.11 bits per heavy atom. The highest BCUT2D eigenvalue weighted by Crippen LogP contribution is 2.37. The summed E-state index contributed by atoms with van der Waals surface area (Å²) >= 11 is 1.45. The number of thioether (sulfide) groups is 1. The van der Waals surface area contributed by atoms with Gasteiger partial charge in [0, 0.05) is 23.6 Å². The van der Waals surface area contributed by atoms with Gasteiger partial charge in [0.1, 0.15) is 5.82 Å². The average molecular weight is 384 g/mol. The molecule has 0 fully saturated rings. The molecule has 0 saturated carbocycles. The number of benzene rings is 2. The third kappa shape index (κ3) is 3.23. The van der Waals surface area contributed by atoms with Crippen LogP contribution in [0.3, 0.4) is 0 Å². The van der Waals surface area contributed by atoms with Crippen LogP contribution in [0.15, 0.2) is 47.4 Å². The summed E-state index contributed by atoms with van der Waals surface area (Å²) in [7, 11) is 0. The second kappa shape index (κ2) is 7.15. The zero-order chi connectivity index (χ0) is 19.0. The van der Waals surface area contributed by atoms with Gasteiger partial charge in [-0.05, 0) is 30.2 Å². The fraction of sp³-hybridized carbons (Fsp3) is 0.250. The van der Waals surface area contributed by atoms with E-state index >= 15 is 0 Å². The number of fused-ring (bicyclic) bond motifs is 2. The van der Waals surface area contributed by atoms with Crippen molar-refractivity contribution in [1.29, 1.82) is 0 Å². The molecule has 0 saturated heterocycles. The SMILES string of the molecule is O=C(CCN1C(=O)c2ccccc2C1=O)N[C@@H]1CCSc2c(F)cccc21. The van der Waals surface area contributed by atoms with E-state index in [-0.39, 0.29) is 42.5 Å². The Labute approximate surface area is 159 Å². The Hall–Kier alpha value is -2.67. The maximum absolute atomic E-state index is 13.9. The number of amides is 3. The van der Waals surface area contributed by atoms with Gasteiger partial charge in [-0.25, -0.2) is 4.39 Å². The molecular formula is C20H17FN2O3S. The molecule has 0 bridgehead atoms. The number of rotatable bonds is 4. The van der Waals surface area contributed by atoms with E-state index in [1.54, 1.807) is 30.3 Å². The predicted octanol–water partition coefficient (Wildman–Crippen LogP) is 3.17. The average Bonchev–Trinajstić information content (AvgIpc) is 2.92. The minimum Gasteiger partial charge on any atom is -0.349 e. The van der Waals surface area contributed by atoms with E-state index in [9.17, 15) is 18.8 Å². The molecule has 2 aromatic rings. The van der Waals surface area contributed by atoms with Gasteiger partial charge in [-0.3, -0.25) is 19.3 Å². The quantitative estimate of drug-likeness (QED) is 0.823. The van der Waals surface area contributed by atoms with E-state index in [0.29, 0.717) is 22.4 Å². The van der Waals surface area contributed by atoms with E-state index < -0.39 is 0 Å². The van der Waals surface area contributed by atoms with Gasteiger partial charge in [0.2, 0.25) is 5.91 Å². The molecule has 3 amide bonds. The highest BCUT2D eigenvalue weighted by Gasteiger charge is 2.35. The van der Waals surface area contributed by atoms with E-state index in [2.05, 4.69) is 5.32 Å². The smallest absolute Gasteiger partial charge is 0.261 e. The molecule has 2 heterocycles. The lowest BCUT2D eigenvalue weighted by atomic mass is 10.0. The van der Waals surface area contributed by atoms with Crippen molar-refractivity contribution in [3.63, 3.8) is 0 Å². The second-order valence-electron chi connectivity index (χ2n) is 6.47. The van der Waals surface area contributed by atoms with Crippen molar-refractivity contribution in [3.05, 3.63) is 65.0 Å². The van der Waals surface area contributed by atoms with Gasteiger partial charge in [0.25, 0.3) is 11.8 Å². The maximum atomic E-state index is 13.9. The Morgan fingerprint density at radius 3 is 2.52 bits per heavy atom. The summed E-state index contributed by atoms with van der Waals surface area (Å²) < 4.78 is 13.9. The summed E-state index contributed by atoms with van der Waals surface area (Å²) in [6.07, 6.45) is 0.722. The summed E-state index contributed by atoms with van der Waals surface area (Å²) in [5.41, 5.74) is 1.52. The Balaban J connectivity index is 1.40. The molecule has 0 radical (unpaired) electrons. The van der Waals surface area contributed by atoms with Crippen LogP contribution in [0.2, 0.25) is 0 Å². The Kier molecular flexibility index (Phi) is 4.70. The van der Waals surface area contributed by atoms with Gasteiger partial charge >= 0.3 is 0 Å². The van der Waals surface area contributed by atoms with Crippen LogP contribution in [0, 0.1) is 5.82 Å². The molecule has 5 nitrogen and oxygen atoms in total. The van der Waals surface area contributed by atoms with Crippen LogP contribution in [0.25, 0.3) is 0 Å². The molecule has 2 aromatic carbocycles. The number of carbonyl (C=O) groups excluding carboxylic acids is 3. The first-order valence-corrected chi connectivity index (χ1v) is 9.70. The number of halogens is 1. The Bertz CT molecular complexity index is 912. The number of nitrogens with one attached hydrogen (secondary N) is 1. The zero-order valence-electron chi connectivity index (χ0n) is 14.4. The number of carbonyl (C=O) groups is 3. The van der Waals surface area contributed by atoms with Gasteiger partial charge in [-0.1, -0.05) is 24.3 Å². The third-order valence-electron chi connectivity index (χ3n) is 4.80. The van der Waals surface area contributed by atoms with Crippen LogP contribution in [-0.4, -0.2) is 34.9 Å². The molecule has 0 aliphatic carbocycles. The van der Waals surface area contributed by atoms with E-state index in [1.165, 1.54) is 17.8 Å². The summed E-state index contributed by atoms with van der Waals surface area (Å²) in [6, 6.07) is 11.2. The van der Waals surface area contributed by atoms with Gasteiger partial charge in [0.15, 0.2) is 0 Å². The van der Waals surface area contributed by atoms with Crippen LogP contribution in [0.1, 0.15) is 45.2 Å². The number of imide groups is 1. The molecule has 138 valence electrons. The summed E-state index contributed by atoms with van der Waals surface area (Å²) in [4.78, 5) is 38.8. The summed E-state index contributed by atoms with van der Waals surface area (Å²) in [6.45, 7) is 0.0235. The first-order valence-electron chi connectivity index (χ1n) is 8.72. The standard InChI is InChI=1S/C20H17FN2O3S/c21-15-7-3-6-14-16(9-11-27-18(14)15)22-17(24)8-10-23-19(25)12-4-1-2-5-13(12)20(23)26/h1-7,16H,8-11H2,(H,22,24)/t16-/m1/s1. The van der Waals surface area contributed by atoms with E-state index in [1.807, 2.05) is 6.07 Å². The monoisotopic (exact) mass is 384 g/mol. The van der Waals surface area contributed by atoms with Crippen molar-refractivity contribution >= 4 is 29.5 Å². The van der Waals surface area contributed by atoms with Crippen molar-refractivity contribution in [3.8, 4) is 0 Å². The lowest BCUT2D eigenvalue weighted by Crippen LogP contribution is -2.36. The van der Waals surface area contributed by atoms with Crippen molar-refractivity contribution in [2.24, 2.45) is 0 Å². The van der Waals surface area contributed by atoms with Crippen LogP contribution >= 0.6 is 11.8 Å². The second-order valence-corrected chi connectivity index (χ2v) is 7.58. The van der Waals surface area contributed by atoms with Gasteiger partial charge in [-0.2, -0.15) is 0 Å². The summed E-state index contributed by atoms with van der Waals surface area (Å²) in [5, 5.41) is 2.91. The minimum atomic E-state index is -0.370. The fourth-order valence-corrected chi connectivity index (χ4v) is 4.60. The van der Waals surface area contributed by atoms with Crippen LogP contribution in [0.5, 0.6) is 0 Å². The molecule has 1 N–H and O–H groups in total. The number of hydrogen-bond acceptors (Lipinski definition) is 4. The maximum Gasteiger partial charge on any atom is 0.261 e. The van der Waals surface area contributed by atoms with Crippen molar-refractivity contribution in [2.75, 3.05) is 12.3 Å². The highest BCUT2D eigenvalue weighted by atomic mass is 32.2. The normalized spacial score (nSPS) is 18.3. The first-order chi connectivity index (χ1) is 13.1. The van der Waals surface area contributed by atoms with Crippen molar-refractivity contribution in [2.45, 2.75) is 23.8 Å². The first kappa shape index (κ1) is 17.7. The molecule has 4 rings (SSSR count). The topological polar surface area (TPSA) is 66.5 Å². The largest absolute Gasteiger partial charge is 0.349 e. The zero-order valence-corrected chi connectivity index (χ0v) is 15.2. The number of hydrogen-bond donors (Lipinski definition) is 1. The van der Waals surface area contributed by atoms with Crippen LogP contribution < -0.4 is 5.32 Å². The molecule has 7 heteroatoms. The molecule has 0 aromatic heterocycles. The molecule has 0 unspecified atom stereocenters. The number of nitrogens with zero attached hydrogens (tertiary/aromatic N) is 1. The summed E-state index contributed by atoms with van der Waals surface area (Å²) in [5.74, 6) is -0.562. The van der Waals surface area contributed by atoms with E-state index in [4.69, 9.17) is 0 Å². The molecule has 0 spiro atoms.